The zero-order valence-corrected chi connectivity index (χ0v) is 23.8. The monoisotopic (exact) mass is 556 g/mol. The van der Waals surface area contributed by atoms with Crippen molar-refractivity contribution in [3.05, 3.63) is 29.8 Å². The molecule has 2 saturated heterocycles. The fraction of sp³-hybridized carbons (Fsp3) is 0.700. The predicted molar refractivity (Wildman–Crippen MR) is 149 cm³/mol. The molecule has 40 heavy (non-hydrogen) atoms. The smallest absolute Gasteiger partial charge is 0.258 e. The first-order valence-electron chi connectivity index (χ1n) is 14.9. The van der Waals surface area contributed by atoms with Crippen LogP contribution in [0.5, 0.6) is 5.75 Å². The van der Waals surface area contributed by atoms with Crippen molar-refractivity contribution in [1.82, 2.24) is 20.4 Å². The third-order valence-corrected chi connectivity index (χ3v) is 9.01. The molecule has 1 aliphatic carbocycles. The SMILES string of the molecule is COCC(=O)N[C@@H]1CC[C@H]2CCOc3ccccc3C(=O)N3CCN(C4CCC(C)CC4)C[C@H]3C(=O)NC[C@H]1O2. The van der Waals surface area contributed by atoms with E-state index in [1.54, 1.807) is 11.0 Å². The molecule has 10 heteroatoms. The number of carbonyl (C=O) groups excluding carboxylic acids is 3. The minimum atomic E-state index is -0.627. The lowest BCUT2D eigenvalue weighted by Gasteiger charge is -2.45. The van der Waals surface area contributed by atoms with Crippen molar-refractivity contribution >= 4 is 17.7 Å². The van der Waals surface area contributed by atoms with Gasteiger partial charge in [0.05, 0.1) is 30.4 Å². The van der Waals surface area contributed by atoms with Crippen LogP contribution in [-0.4, -0.2) is 104 Å². The van der Waals surface area contributed by atoms with E-state index < -0.39 is 6.04 Å². The van der Waals surface area contributed by atoms with Crippen molar-refractivity contribution in [2.75, 3.05) is 46.5 Å². The Kier molecular flexibility index (Phi) is 9.59. The van der Waals surface area contributed by atoms with E-state index >= 15 is 0 Å². The van der Waals surface area contributed by atoms with E-state index in [9.17, 15) is 14.4 Å². The van der Waals surface area contributed by atoms with E-state index in [1.807, 2.05) is 18.2 Å². The van der Waals surface area contributed by atoms with Crippen molar-refractivity contribution < 1.29 is 28.6 Å². The molecule has 3 amide bonds. The van der Waals surface area contributed by atoms with Gasteiger partial charge in [-0.3, -0.25) is 19.3 Å². The van der Waals surface area contributed by atoms with Gasteiger partial charge in [0.1, 0.15) is 18.4 Å². The van der Waals surface area contributed by atoms with Crippen LogP contribution >= 0.6 is 0 Å². The Morgan fingerprint density at radius 2 is 1.88 bits per heavy atom. The maximum atomic E-state index is 13.9. The number of amides is 3. The summed E-state index contributed by atoms with van der Waals surface area (Å²) < 4.78 is 17.5. The number of fused-ring (bicyclic) bond motifs is 4. The van der Waals surface area contributed by atoms with Gasteiger partial charge in [-0.25, -0.2) is 0 Å². The van der Waals surface area contributed by atoms with E-state index in [0.717, 1.165) is 38.1 Å². The van der Waals surface area contributed by atoms with Crippen LogP contribution in [0.3, 0.4) is 0 Å². The molecule has 0 unspecified atom stereocenters. The second kappa shape index (κ2) is 13.3. The first-order chi connectivity index (χ1) is 19.4. The summed E-state index contributed by atoms with van der Waals surface area (Å²) in [4.78, 5) is 44.2. The third-order valence-electron chi connectivity index (χ3n) is 9.01. The van der Waals surface area contributed by atoms with Gasteiger partial charge in [-0.2, -0.15) is 0 Å². The van der Waals surface area contributed by atoms with Crippen molar-refractivity contribution in [2.45, 2.75) is 82.2 Å². The van der Waals surface area contributed by atoms with Gasteiger partial charge in [0.15, 0.2) is 0 Å². The molecule has 0 radical (unpaired) electrons. The van der Waals surface area contributed by atoms with Crippen LogP contribution in [0.1, 0.15) is 62.2 Å². The van der Waals surface area contributed by atoms with Gasteiger partial charge in [-0.15, -0.1) is 0 Å². The maximum Gasteiger partial charge on any atom is 0.258 e. The number of benzene rings is 1. The van der Waals surface area contributed by atoms with Crippen molar-refractivity contribution in [2.24, 2.45) is 5.92 Å². The Labute approximate surface area is 237 Å². The zero-order valence-electron chi connectivity index (χ0n) is 23.8. The van der Waals surface area contributed by atoms with Gasteiger partial charge in [0.25, 0.3) is 5.91 Å². The van der Waals surface area contributed by atoms with E-state index in [0.29, 0.717) is 43.5 Å². The highest BCUT2D eigenvalue weighted by Gasteiger charge is 2.40. The molecule has 0 spiro atoms. The third kappa shape index (κ3) is 6.78. The highest BCUT2D eigenvalue weighted by molar-refractivity contribution is 6.00. The average Bonchev–Trinajstić information content (AvgIpc) is 2.96. The number of methoxy groups -OCH3 is 1. The molecule has 10 nitrogen and oxygen atoms in total. The van der Waals surface area contributed by atoms with Crippen LogP contribution in [0.4, 0.5) is 0 Å². The van der Waals surface area contributed by atoms with Crippen LogP contribution in [0, 0.1) is 5.92 Å². The molecule has 2 bridgehead atoms. The lowest BCUT2D eigenvalue weighted by Crippen LogP contribution is -2.63. The predicted octanol–water partition coefficient (Wildman–Crippen LogP) is 1.97. The number of para-hydroxylation sites is 1. The summed E-state index contributed by atoms with van der Waals surface area (Å²) >= 11 is 0. The van der Waals surface area contributed by atoms with Crippen LogP contribution in [0.2, 0.25) is 0 Å². The fourth-order valence-corrected chi connectivity index (χ4v) is 6.66. The largest absolute Gasteiger partial charge is 0.493 e. The molecular formula is C30H44N4O6. The topological polar surface area (TPSA) is 109 Å². The Morgan fingerprint density at radius 1 is 1.07 bits per heavy atom. The summed E-state index contributed by atoms with van der Waals surface area (Å²) in [5, 5.41) is 6.11. The lowest BCUT2D eigenvalue weighted by atomic mass is 9.86. The second-order valence-electron chi connectivity index (χ2n) is 11.8. The highest BCUT2D eigenvalue weighted by Crippen LogP contribution is 2.30. The molecule has 1 aromatic carbocycles. The van der Waals surface area contributed by atoms with Gasteiger partial charge in [-0.1, -0.05) is 19.1 Å². The highest BCUT2D eigenvalue weighted by atomic mass is 16.5. The van der Waals surface area contributed by atoms with Crippen LogP contribution < -0.4 is 15.4 Å². The molecule has 220 valence electrons. The number of nitrogens with zero attached hydrogens (tertiary/aromatic N) is 2. The number of ether oxygens (including phenoxy) is 3. The Bertz CT molecular complexity index is 1040. The summed E-state index contributed by atoms with van der Waals surface area (Å²) in [6, 6.07) is 6.88. The molecule has 4 atom stereocenters. The van der Waals surface area contributed by atoms with Gasteiger partial charge in [-0.05, 0) is 56.6 Å². The minimum Gasteiger partial charge on any atom is -0.493 e. The number of carbonyl (C=O) groups is 3. The first kappa shape index (κ1) is 28.8. The van der Waals surface area contributed by atoms with Crippen molar-refractivity contribution in [1.29, 1.82) is 0 Å². The van der Waals surface area contributed by atoms with Gasteiger partial charge in [0.2, 0.25) is 11.8 Å². The van der Waals surface area contributed by atoms with E-state index in [4.69, 9.17) is 14.2 Å². The number of piperazine rings is 1. The number of hydrogen-bond acceptors (Lipinski definition) is 7. The molecule has 3 aliphatic heterocycles. The standard InChI is InChI=1S/C30H44N4O6/c1-20-7-9-21(10-8-20)33-14-15-34-25(18-33)29(36)31-17-27-24(32-28(35)19-38-2)12-11-22(40-27)13-16-39-26-6-4-3-5-23(26)30(34)37/h3-6,20-22,24-25,27H,7-19H2,1-2H3,(H,31,36)(H,32,35)/t20?,21?,22-,24+,25-,27+/m0/s1. The summed E-state index contributed by atoms with van der Waals surface area (Å²) in [5.41, 5.74) is 0.487. The fourth-order valence-electron chi connectivity index (χ4n) is 6.66. The minimum absolute atomic E-state index is 0.0266. The first-order valence-corrected chi connectivity index (χ1v) is 14.9. The Balaban J connectivity index is 1.38. The lowest BCUT2D eigenvalue weighted by molar-refractivity contribution is -0.132. The van der Waals surface area contributed by atoms with E-state index in [2.05, 4.69) is 22.5 Å². The zero-order chi connectivity index (χ0) is 28.1. The maximum absolute atomic E-state index is 13.9. The molecule has 2 N–H and O–H groups in total. The molecular weight excluding hydrogens is 512 g/mol. The molecule has 1 aromatic rings. The van der Waals surface area contributed by atoms with Crippen LogP contribution in [0.15, 0.2) is 24.3 Å². The summed E-state index contributed by atoms with van der Waals surface area (Å²) in [5.74, 6) is 0.701. The Morgan fingerprint density at radius 3 is 2.67 bits per heavy atom. The normalized spacial score (nSPS) is 32.1. The molecule has 1 saturated carbocycles. The molecule has 5 rings (SSSR count). The molecule has 0 aromatic heterocycles. The number of rotatable bonds is 4. The average molecular weight is 557 g/mol. The van der Waals surface area contributed by atoms with Crippen LogP contribution in [0.25, 0.3) is 0 Å². The summed E-state index contributed by atoms with van der Waals surface area (Å²) in [6.07, 6.45) is 6.33. The number of nitrogens with one attached hydrogen (secondary N) is 2. The van der Waals surface area contributed by atoms with E-state index in [1.165, 1.54) is 20.0 Å². The second-order valence-corrected chi connectivity index (χ2v) is 11.8. The molecule has 3 fully saturated rings. The van der Waals surface area contributed by atoms with Gasteiger partial charge < -0.3 is 29.7 Å². The summed E-state index contributed by atoms with van der Waals surface area (Å²) in [6.45, 7) is 4.67. The quantitative estimate of drug-likeness (QED) is 0.584. The van der Waals surface area contributed by atoms with Gasteiger partial charge >= 0.3 is 0 Å². The molecule has 4 aliphatic rings. The van der Waals surface area contributed by atoms with Crippen LogP contribution in [-0.2, 0) is 19.1 Å². The van der Waals surface area contributed by atoms with Gasteiger partial charge in [0, 0.05) is 45.8 Å². The number of hydrogen-bond donors (Lipinski definition) is 2. The van der Waals surface area contributed by atoms with Crippen molar-refractivity contribution in [3.8, 4) is 5.75 Å². The van der Waals surface area contributed by atoms with Crippen molar-refractivity contribution in [3.63, 3.8) is 0 Å². The molecule has 3 heterocycles. The summed E-state index contributed by atoms with van der Waals surface area (Å²) in [7, 11) is 1.49. The Hall–Kier alpha value is -2.69. The van der Waals surface area contributed by atoms with E-state index in [-0.39, 0.29) is 49.1 Å².